The van der Waals surface area contributed by atoms with Gasteiger partial charge in [-0.05, 0) is 68.1 Å². The van der Waals surface area contributed by atoms with Crippen LogP contribution in [0.2, 0.25) is 0 Å². The number of aryl methyl sites for hydroxylation is 1. The molecule has 0 N–H and O–H groups in total. The largest absolute Gasteiger partial charge is 0.494 e. The van der Waals surface area contributed by atoms with Crippen molar-refractivity contribution in [3.8, 4) is 5.75 Å². The van der Waals surface area contributed by atoms with Crippen LogP contribution in [-0.2, 0) is 27.8 Å². The standard InChI is InChI=1S/C27H30N2O4S/c1-4-33-26-15-14-24(16-20(26)2)34(31,32)28(18-22-10-6-5-7-11-22)19-27(30)29-21(3)17-23-12-8-9-13-25(23)29/h5-16,21H,4,17-19H2,1-3H3/t21-/m0/s1. The molecule has 3 aromatic rings. The van der Waals surface area contributed by atoms with Gasteiger partial charge in [-0.1, -0.05) is 48.5 Å². The number of anilines is 1. The first-order chi connectivity index (χ1) is 16.3. The number of hydrogen-bond acceptors (Lipinski definition) is 4. The van der Waals surface area contributed by atoms with E-state index < -0.39 is 10.0 Å². The maximum atomic E-state index is 13.7. The van der Waals surface area contributed by atoms with E-state index in [9.17, 15) is 13.2 Å². The molecule has 0 unspecified atom stereocenters. The van der Waals surface area contributed by atoms with Crippen LogP contribution in [0.25, 0.3) is 0 Å². The number of carbonyl (C=O) groups excluding carboxylic acids is 1. The van der Waals surface area contributed by atoms with E-state index >= 15 is 0 Å². The zero-order chi connectivity index (χ0) is 24.3. The summed E-state index contributed by atoms with van der Waals surface area (Å²) in [5.74, 6) is 0.411. The molecular weight excluding hydrogens is 448 g/mol. The van der Waals surface area contributed by atoms with Crippen molar-refractivity contribution < 1.29 is 17.9 Å². The molecule has 1 aliphatic rings. The number of carbonyl (C=O) groups is 1. The number of sulfonamides is 1. The maximum Gasteiger partial charge on any atom is 0.243 e. The molecule has 7 heteroatoms. The third kappa shape index (κ3) is 4.86. The molecule has 0 aliphatic carbocycles. The van der Waals surface area contributed by atoms with Crippen LogP contribution in [0, 0.1) is 6.92 Å². The van der Waals surface area contributed by atoms with E-state index in [2.05, 4.69) is 0 Å². The molecule has 1 atom stereocenters. The molecule has 0 fully saturated rings. The Morgan fingerprint density at radius 1 is 1.06 bits per heavy atom. The number of amides is 1. The molecule has 1 amide bonds. The van der Waals surface area contributed by atoms with E-state index in [4.69, 9.17) is 4.74 Å². The lowest BCUT2D eigenvalue weighted by Gasteiger charge is -2.28. The van der Waals surface area contributed by atoms with E-state index in [-0.39, 0.29) is 29.9 Å². The lowest BCUT2D eigenvalue weighted by molar-refractivity contribution is -0.119. The van der Waals surface area contributed by atoms with Gasteiger partial charge in [-0.2, -0.15) is 4.31 Å². The molecule has 6 nitrogen and oxygen atoms in total. The second-order valence-electron chi connectivity index (χ2n) is 8.56. The van der Waals surface area contributed by atoms with Crippen LogP contribution >= 0.6 is 0 Å². The number of fused-ring (bicyclic) bond motifs is 1. The van der Waals surface area contributed by atoms with Gasteiger partial charge < -0.3 is 9.64 Å². The van der Waals surface area contributed by atoms with Gasteiger partial charge in [0.1, 0.15) is 5.75 Å². The Bertz CT molecular complexity index is 1270. The molecule has 0 radical (unpaired) electrons. The zero-order valence-corrected chi connectivity index (χ0v) is 20.6. The number of rotatable bonds is 8. The predicted molar refractivity (Wildman–Crippen MR) is 133 cm³/mol. The number of benzene rings is 3. The average molecular weight is 479 g/mol. The van der Waals surface area contributed by atoms with Gasteiger partial charge in [0.15, 0.2) is 0 Å². The maximum absolute atomic E-state index is 13.7. The lowest BCUT2D eigenvalue weighted by atomic mass is 10.1. The SMILES string of the molecule is CCOc1ccc(S(=O)(=O)N(CC(=O)N2c3ccccc3C[C@@H]2C)Cc2ccccc2)cc1C. The fraction of sp³-hybridized carbons (Fsp3) is 0.296. The van der Waals surface area contributed by atoms with Crippen molar-refractivity contribution in [2.75, 3.05) is 18.1 Å². The normalized spacial score (nSPS) is 15.4. The molecule has 178 valence electrons. The topological polar surface area (TPSA) is 66.9 Å². The summed E-state index contributed by atoms with van der Waals surface area (Å²) in [6, 6.07) is 21.9. The van der Waals surface area contributed by atoms with Crippen LogP contribution in [0.3, 0.4) is 0 Å². The van der Waals surface area contributed by atoms with Gasteiger partial charge in [-0.25, -0.2) is 8.42 Å². The minimum atomic E-state index is -3.94. The fourth-order valence-electron chi connectivity index (χ4n) is 4.43. The zero-order valence-electron chi connectivity index (χ0n) is 19.8. The summed E-state index contributed by atoms with van der Waals surface area (Å²) < 4.78 is 34.3. The molecule has 0 saturated carbocycles. The first-order valence-corrected chi connectivity index (χ1v) is 12.9. The Hall–Kier alpha value is -3.16. The van der Waals surface area contributed by atoms with Crippen molar-refractivity contribution in [2.45, 2.75) is 44.7 Å². The minimum absolute atomic E-state index is 0.0288. The highest BCUT2D eigenvalue weighted by atomic mass is 32.2. The van der Waals surface area contributed by atoms with E-state index in [0.29, 0.717) is 12.4 Å². The summed E-state index contributed by atoms with van der Waals surface area (Å²) in [7, 11) is -3.94. The van der Waals surface area contributed by atoms with Crippen LogP contribution in [0.1, 0.15) is 30.5 Å². The highest BCUT2D eigenvalue weighted by Crippen LogP contribution is 2.32. The molecule has 4 rings (SSSR count). The lowest BCUT2D eigenvalue weighted by Crippen LogP contribution is -2.44. The molecule has 0 bridgehead atoms. The third-order valence-corrected chi connectivity index (χ3v) is 7.86. The highest BCUT2D eigenvalue weighted by molar-refractivity contribution is 7.89. The predicted octanol–water partition coefficient (Wildman–Crippen LogP) is 4.56. The molecule has 34 heavy (non-hydrogen) atoms. The number of hydrogen-bond donors (Lipinski definition) is 0. The van der Waals surface area contributed by atoms with Gasteiger partial charge in [-0.15, -0.1) is 0 Å². The van der Waals surface area contributed by atoms with Crippen LogP contribution in [0.4, 0.5) is 5.69 Å². The third-order valence-electron chi connectivity index (χ3n) is 6.07. The summed E-state index contributed by atoms with van der Waals surface area (Å²) in [5, 5.41) is 0. The average Bonchev–Trinajstić information content (AvgIpc) is 3.16. The quantitative estimate of drug-likeness (QED) is 0.476. The van der Waals surface area contributed by atoms with Gasteiger partial charge >= 0.3 is 0 Å². The fourth-order valence-corrected chi connectivity index (χ4v) is 5.90. The van der Waals surface area contributed by atoms with Crippen LogP contribution in [0.5, 0.6) is 5.75 Å². The van der Waals surface area contributed by atoms with Crippen molar-refractivity contribution in [1.82, 2.24) is 4.31 Å². The van der Waals surface area contributed by atoms with Crippen molar-refractivity contribution >= 4 is 21.6 Å². The van der Waals surface area contributed by atoms with Gasteiger partial charge in [0, 0.05) is 18.3 Å². The molecule has 0 aromatic heterocycles. The minimum Gasteiger partial charge on any atom is -0.494 e. The molecule has 1 aliphatic heterocycles. The molecular formula is C27H30N2O4S. The van der Waals surface area contributed by atoms with Crippen LogP contribution in [-0.4, -0.2) is 37.8 Å². The smallest absolute Gasteiger partial charge is 0.243 e. The molecule has 0 saturated heterocycles. The summed E-state index contributed by atoms with van der Waals surface area (Å²) in [6.45, 7) is 6.04. The first kappa shape index (κ1) is 24.0. The van der Waals surface area contributed by atoms with Gasteiger partial charge in [-0.3, -0.25) is 4.79 Å². The Labute approximate surface area is 201 Å². The summed E-state index contributed by atoms with van der Waals surface area (Å²) >= 11 is 0. The second kappa shape index (κ2) is 9.99. The Balaban J connectivity index is 1.67. The van der Waals surface area contributed by atoms with Crippen molar-refractivity contribution in [2.24, 2.45) is 0 Å². The van der Waals surface area contributed by atoms with Crippen LogP contribution in [0.15, 0.2) is 77.7 Å². The highest BCUT2D eigenvalue weighted by Gasteiger charge is 2.34. The van der Waals surface area contributed by atoms with Crippen LogP contribution < -0.4 is 9.64 Å². The number of ether oxygens (including phenoxy) is 1. The van der Waals surface area contributed by atoms with Crippen molar-refractivity contribution in [1.29, 1.82) is 0 Å². The number of nitrogens with zero attached hydrogens (tertiary/aromatic N) is 2. The Morgan fingerprint density at radius 2 is 1.76 bits per heavy atom. The van der Waals surface area contributed by atoms with Crippen molar-refractivity contribution in [3.63, 3.8) is 0 Å². The second-order valence-corrected chi connectivity index (χ2v) is 10.5. The summed E-state index contributed by atoms with van der Waals surface area (Å²) in [6.07, 6.45) is 0.755. The van der Waals surface area contributed by atoms with E-state index in [1.807, 2.05) is 75.4 Å². The van der Waals surface area contributed by atoms with Crippen molar-refractivity contribution in [3.05, 3.63) is 89.5 Å². The van der Waals surface area contributed by atoms with E-state index in [0.717, 1.165) is 28.8 Å². The van der Waals surface area contributed by atoms with E-state index in [1.54, 1.807) is 23.1 Å². The molecule has 0 spiro atoms. The number of para-hydroxylation sites is 1. The Morgan fingerprint density at radius 3 is 2.47 bits per heavy atom. The van der Waals surface area contributed by atoms with E-state index in [1.165, 1.54) is 4.31 Å². The molecule has 1 heterocycles. The summed E-state index contributed by atoms with van der Waals surface area (Å²) in [4.78, 5) is 15.4. The van der Waals surface area contributed by atoms with Gasteiger partial charge in [0.2, 0.25) is 15.9 Å². The summed E-state index contributed by atoms with van der Waals surface area (Å²) in [5.41, 5.74) is 3.50. The van der Waals surface area contributed by atoms with Gasteiger partial charge in [0.25, 0.3) is 0 Å². The Kier molecular flexibility index (Phi) is 7.05. The first-order valence-electron chi connectivity index (χ1n) is 11.5. The monoisotopic (exact) mass is 478 g/mol. The van der Waals surface area contributed by atoms with Gasteiger partial charge in [0.05, 0.1) is 18.0 Å². The molecule has 3 aromatic carbocycles.